The number of hydrogen-bond acceptors (Lipinski definition) is 5. The van der Waals surface area contributed by atoms with E-state index in [0.29, 0.717) is 47.5 Å². The lowest BCUT2D eigenvalue weighted by molar-refractivity contribution is 0.384. The first-order chi connectivity index (χ1) is 15.6. The summed E-state index contributed by atoms with van der Waals surface area (Å²) in [5, 5.41) is 4.04. The van der Waals surface area contributed by atoms with Crippen molar-refractivity contribution in [3.05, 3.63) is 73.2 Å². The highest BCUT2D eigenvalue weighted by Crippen LogP contribution is 2.31. The zero-order chi connectivity index (χ0) is 23.9. The third-order valence-electron chi connectivity index (χ3n) is 6.31. The van der Waals surface area contributed by atoms with Gasteiger partial charge in [-0.2, -0.15) is 4.31 Å². The van der Waals surface area contributed by atoms with Gasteiger partial charge in [0.1, 0.15) is 0 Å². The second-order valence-corrected chi connectivity index (χ2v) is 12.1. The van der Waals surface area contributed by atoms with Crippen molar-refractivity contribution in [2.24, 2.45) is 0 Å². The Hall–Kier alpha value is -1.64. The molecule has 3 aromatic rings. The molecule has 0 atom stereocenters. The smallest absolute Gasteiger partial charge is 0.243 e. The van der Waals surface area contributed by atoms with Crippen LogP contribution < -0.4 is 4.90 Å². The number of hydrogen-bond donors (Lipinski definition) is 0. The van der Waals surface area contributed by atoms with Crippen LogP contribution in [-0.2, 0) is 16.4 Å². The van der Waals surface area contributed by atoms with Crippen LogP contribution in [0, 0.1) is 27.7 Å². The van der Waals surface area contributed by atoms with Gasteiger partial charge in [-0.15, -0.1) is 11.3 Å². The number of aryl methyl sites for hydroxylation is 2. The summed E-state index contributed by atoms with van der Waals surface area (Å²) in [6, 6.07) is 7.67. The SMILES string of the molecule is Cc1cc(C)c(C)c(S(=O)(=O)N2CCN(c3nc(Cc4ccc(Cl)c(Cl)c4)cs3)CC2)c1C. The fraction of sp³-hybridized carbons (Fsp3) is 0.375. The molecule has 0 spiro atoms. The average Bonchev–Trinajstić information content (AvgIpc) is 3.23. The van der Waals surface area contributed by atoms with E-state index >= 15 is 0 Å². The minimum absolute atomic E-state index is 0.440. The van der Waals surface area contributed by atoms with Crippen molar-refractivity contribution in [3.63, 3.8) is 0 Å². The molecule has 176 valence electrons. The summed E-state index contributed by atoms with van der Waals surface area (Å²) in [5.41, 5.74) is 5.71. The molecule has 2 heterocycles. The Labute approximate surface area is 210 Å². The predicted octanol–water partition coefficient (Wildman–Crippen LogP) is 5.79. The highest BCUT2D eigenvalue weighted by Gasteiger charge is 2.32. The number of aromatic nitrogens is 1. The van der Waals surface area contributed by atoms with E-state index in [4.69, 9.17) is 28.2 Å². The first-order valence-electron chi connectivity index (χ1n) is 10.8. The fourth-order valence-corrected chi connectivity index (χ4v) is 7.40. The minimum atomic E-state index is -3.55. The van der Waals surface area contributed by atoms with Crippen LogP contribution in [-0.4, -0.2) is 43.9 Å². The van der Waals surface area contributed by atoms with Crippen molar-refractivity contribution in [2.45, 2.75) is 39.0 Å². The lowest BCUT2D eigenvalue weighted by Crippen LogP contribution is -2.49. The number of halogens is 2. The largest absolute Gasteiger partial charge is 0.345 e. The topological polar surface area (TPSA) is 53.5 Å². The molecule has 2 aromatic carbocycles. The maximum absolute atomic E-state index is 13.5. The molecule has 1 fully saturated rings. The van der Waals surface area contributed by atoms with Gasteiger partial charge >= 0.3 is 0 Å². The van der Waals surface area contributed by atoms with Gasteiger partial charge < -0.3 is 4.90 Å². The standard InChI is InChI=1S/C24H27Cl2N3O2S2/c1-15-11-16(2)18(4)23(17(15)3)33(30,31)29-9-7-28(8-10-29)24-27-20(14-32-24)12-19-5-6-21(25)22(26)13-19/h5-6,11,13-14H,7-10,12H2,1-4H3. The van der Waals surface area contributed by atoms with E-state index in [1.54, 1.807) is 21.7 Å². The molecule has 0 aliphatic carbocycles. The summed E-state index contributed by atoms with van der Waals surface area (Å²) in [5.74, 6) is 0. The molecule has 33 heavy (non-hydrogen) atoms. The van der Waals surface area contributed by atoms with Crippen LogP contribution in [0.25, 0.3) is 0 Å². The van der Waals surface area contributed by atoms with Crippen molar-refractivity contribution in [2.75, 3.05) is 31.1 Å². The highest BCUT2D eigenvalue weighted by molar-refractivity contribution is 7.89. The van der Waals surface area contributed by atoms with Gasteiger partial charge in [-0.25, -0.2) is 13.4 Å². The normalized spacial score (nSPS) is 15.3. The predicted molar refractivity (Wildman–Crippen MR) is 138 cm³/mol. The van der Waals surface area contributed by atoms with E-state index in [-0.39, 0.29) is 0 Å². The summed E-state index contributed by atoms with van der Waals surface area (Å²) in [4.78, 5) is 7.41. The number of rotatable bonds is 5. The second kappa shape index (κ2) is 9.55. The summed E-state index contributed by atoms with van der Waals surface area (Å²) in [7, 11) is -3.55. The molecule has 4 rings (SSSR count). The number of thiazole rings is 1. The maximum Gasteiger partial charge on any atom is 0.243 e. The summed E-state index contributed by atoms with van der Waals surface area (Å²) in [6.07, 6.45) is 0.674. The molecule has 1 aromatic heterocycles. The first-order valence-corrected chi connectivity index (χ1v) is 13.9. The van der Waals surface area contributed by atoms with E-state index < -0.39 is 10.0 Å². The van der Waals surface area contributed by atoms with Crippen LogP contribution in [0.5, 0.6) is 0 Å². The van der Waals surface area contributed by atoms with Gasteiger partial charge in [-0.1, -0.05) is 35.3 Å². The highest BCUT2D eigenvalue weighted by atomic mass is 35.5. The van der Waals surface area contributed by atoms with Gasteiger partial charge in [0.15, 0.2) is 5.13 Å². The van der Waals surface area contributed by atoms with E-state index in [9.17, 15) is 8.42 Å². The van der Waals surface area contributed by atoms with Gasteiger partial charge in [0.05, 0.1) is 20.6 Å². The Balaban J connectivity index is 1.46. The van der Waals surface area contributed by atoms with Gasteiger partial charge in [0.2, 0.25) is 10.0 Å². The van der Waals surface area contributed by atoms with Crippen LogP contribution in [0.4, 0.5) is 5.13 Å². The van der Waals surface area contributed by atoms with E-state index in [1.165, 1.54) is 0 Å². The molecule has 9 heteroatoms. The summed E-state index contributed by atoms with van der Waals surface area (Å²) >= 11 is 13.7. The van der Waals surface area contributed by atoms with E-state index in [0.717, 1.165) is 38.6 Å². The van der Waals surface area contributed by atoms with Gasteiger partial charge in [-0.05, 0) is 67.6 Å². The number of anilines is 1. The quantitative estimate of drug-likeness (QED) is 0.424. The molecular formula is C24H27Cl2N3O2S2. The molecule has 1 aliphatic rings. The van der Waals surface area contributed by atoms with Crippen LogP contribution in [0.1, 0.15) is 33.5 Å². The molecule has 0 bridgehead atoms. The number of piperazine rings is 1. The van der Waals surface area contributed by atoms with Crippen LogP contribution >= 0.6 is 34.5 Å². The van der Waals surface area contributed by atoms with Crippen molar-refractivity contribution < 1.29 is 8.42 Å². The number of nitrogens with zero attached hydrogens (tertiary/aromatic N) is 3. The molecule has 0 saturated carbocycles. The summed E-state index contributed by atoms with van der Waals surface area (Å²) in [6.45, 7) is 9.84. The second-order valence-electron chi connectivity index (χ2n) is 8.53. The minimum Gasteiger partial charge on any atom is -0.345 e. The van der Waals surface area contributed by atoms with Crippen LogP contribution in [0.15, 0.2) is 34.5 Å². The zero-order valence-electron chi connectivity index (χ0n) is 19.2. The third kappa shape index (κ3) is 4.93. The Morgan fingerprint density at radius 3 is 2.18 bits per heavy atom. The number of sulfonamides is 1. The van der Waals surface area contributed by atoms with Gasteiger partial charge in [0.25, 0.3) is 0 Å². The molecule has 5 nitrogen and oxygen atoms in total. The van der Waals surface area contributed by atoms with Crippen molar-refractivity contribution in [1.29, 1.82) is 0 Å². The first kappa shape index (κ1) is 24.5. The fourth-order valence-electron chi connectivity index (χ4n) is 4.20. The van der Waals surface area contributed by atoms with Crippen molar-refractivity contribution in [1.82, 2.24) is 9.29 Å². The molecular weight excluding hydrogens is 497 g/mol. The molecule has 0 N–H and O–H groups in total. The van der Waals surface area contributed by atoms with Crippen molar-refractivity contribution in [3.8, 4) is 0 Å². The zero-order valence-corrected chi connectivity index (χ0v) is 22.3. The van der Waals surface area contributed by atoms with Gasteiger partial charge in [-0.3, -0.25) is 0 Å². The number of benzene rings is 2. The lowest BCUT2D eigenvalue weighted by atomic mass is 10.0. The van der Waals surface area contributed by atoms with Crippen LogP contribution in [0.2, 0.25) is 10.0 Å². The monoisotopic (exact) mass is 523 g/mol. The van der Waals surface area contributed by atoms with E-state index in [2.05, 4.69) is 11.0 Å². The molecule has 0 amide bonds. The molecule has 0 unspecified atom stereocenters. The average molecular weight is 525 g/mol. The van der Waals surface area contributed by atoms with Crippen LogP contribution in [0.3, 0.4) is 0 Å². The molecule has 1 saturated heterocycles. The molecule has 1 aliphatic heterocycles. The maximum atomic E-state index is 13.5. The third-order valence-corrected chi connectivity index (χ3v) is 10.2. The Kier molecular flexibility index (Phi) is 7.08. The van der Waals surface area contributed by atoms with Gasteiger partial charge in [0, 0.05) is 38.0 Å². The van der Waals surface area contributed by atoms with E-state index in [1.807, 2.05) is 45.2 Å². The Morgan fingerprint density at radius 1 is 0.939 bits per heavy atom. The Bertz CT molecular complexity index is 1270. The molecule has 0 radical (unpaired) electrons. The Morgan fingerprint density at radius 2 is 1.58 bits per heavy atom. The lowest BCUT2D eigenvalue weighted by Gasteiger charge is -2.34. The van der Waals surface area contributed by atoms with Crippen molar-refractivity contribution >= 4 is 49.7 Å². The summed E-state index contributed by atoms with van der Waals surface area (Å²) < 4.78 is 28.6.